The van der Waals surface area contributed by atoms with E-state index in [0.29, 0.717) is 5.89 Å². The van der Waals surface area contributed by atoms with Gasteiger partial charge in [0.15, 0.2) is 11.4 Å². The molecule has 0 saturated heterocycles. The SMILES string of the molecule is O=C(c1ccc2oc(-c3cccs3)nc2c1)C1CC1. The average molecular weight is 269 g/mol. The Kier molecular flexibility index (Phi) is 2.32. The standard InChI is InChI=1S/C15H11NO2S/c17-14(9-3-4-9)10-5-6-12-11(8-10)16-15(18-12)13-2-1-7-19-13/h1-2,5-9H,3-4H2. The summed E-state index contributed by atoms with van der Waals surface area (Å²) in [4.78, 5) is 17.5. The summed E-state index contributed by atoms with van der Waals surface area (Å²) in [7, 11) is 0. The van der Waals surface area contributed by atoms with Crippen LogP contribution in [0.2, 0.25) is 0 Å². The van der Waals surface area contributed by atoms with Crippen molar-refractivity contribution in [1.82, 2.24) is 4.98 Å². The van der Waals surface area contributed by atoms with E-state index in [4.69, 9.17) is 4.42 Å². The fourth-order valence-corrected chi connectivity index (χ4v) is 2.82. The Bertz CT molecular complexity index is 754. The highest BCUT2D eigenvalue weighted by molar-refractivity contribution is 7.13. The van der Waals surface area contributed by atoms with Gasteiger partial charge in [-0.3, -0.25) is 4.79 Å². The summed E-state index contributed by atoms with van der Waals surface area (Å²) in [5.74, 6) is 1.10. The summed E-state index contributed by atoms with van der Waals surface area (Å²) in [5, 5.41) is 1.99. The van der Waals surface area contributed by atoms with Crippen LogP contribution in [-0.2, 0) is 0 Å². The number of carbonyl (C=O) groups is 1. The quantitative estimate of drug-likeness (QED) is 0.671. The second-order valence-electron chi connectivity index (χ2n) is 4.82. The van der Waals surface area contributed by atoms with Gasteiger partial charge in [-0.1, -0.05) is 6.07 Å². The van der Waals surface area contributed by atoms with Crippen molar-refractivity contribution in [3.63, 3.8) is 0 Å². The third-order valence-corrected chi connectivity index (χ3v) is 4.21. The number of hydrogen-bond acceptors (Lipinski definition) is 4. The van der Waals surface area contributed by atoms with E-state index < -0.39 is 0 Å². The Morgan fingerprint density at radius 3 is 2.95 bits per heavy atom. The molecular formula is C15H11NO2S. The molecule has 1 aliphatic rings. The van der Waals surface area contributed by atoms with Crippen LogP contribution in [0, 0.1) is 5.92 Å². The molecule has 0 radical (unpaired) electrons. The molecule has 3 aromatic rings. The first-order chi connectivity index (χ1) is 9.31. The number of nitrogens with zero attached hydrogens (tertiary/aromatic N) is 1. The summed E-state index contributed by atoms with van der Waals surface area (Å²) >= 11 is 1.59. The number of oxazole rings is 1. The van der Waals surface area contributed by atoms with Crippen molar-refractivity contribution >= 4 is 28.2 Å². The van der Waals surface area contributed by atoms with E-state index in [1.807, 2.05) is 35.7 Å². The van der Waals surface area contributed by atoms with E-state index in [2.05, 4.69) is 4.98 Å². The van der Waals surface area contributed by atoms with E-state index in [1.54, 1.807) is 11.3 Å². The Labute approximate surface area is 113 Å². The molecular weight excluding hydrogens is 258 g/mol. The second kappa shape index (κ2) is 4.03. The van der Waals surface area contributed by atoms with Crippen molar-refractivity contribution in [1.29, 1.82) is 0 Å². The largest absolute Gasteiger partial charge is 0.435 e. The van der Waals surface area contributed by atoms with E-state index >= 15 is 0 Å². The lowest BCUT2D eigenvalue weighted by Crippen LogP contribution is -2.00. The van der Waals surface area contributed by atoms with Crippen LogP contribution < -0.4 is 0 Å². The van der Waals surface area contributed by atoms with Crippen LogP contribution in [0.5, 0.6) is 0 Å². The highest BCUT2D eigenvalue weighted by atomic mass is 32.1. The van der Waals surface area contributed by atoms with Gasteiger partial charge in [-0.2, -0.15) is 0 Å². The van der Waals surface area contributed by atoms with E-state index in [-0.39, 0.29) is 11.7 Å². The van der Waals surface area contributed by atoms with Crippen LogP contribution in [0.15, 0.2) is 40.1 Å². The van der Waals surface area contributed by atoms with Gasteiger partial charge >= 0.3 is 0 Å². The molecule has 0 atom stereocenters. The van der Waals surface area contributed by atoms with Crippen molar-refractivity contribution in [3.05, 3.63) is 41.3 Å². The van der Waals surface area contributed by atoms with Gasteiger partial charge in [0.2, 0.25) is 5.89 Å². The Morgan fingerprint density at radius 2 is 2.21 bits per heavy atom. The predicted octanol–water partition coefficient (Wildman–Crippen LogP) is 4.15. The maximum absolute atomic E-state index is 12.0. The maximum atomic E-state index is 12.0. The van der Waals surface area contributed by atoms with E-state index in [1.165, 1.54) is 0 Å². The number of hydrogen-bond donors (Lipinski definition) is 0. The third-order valence-electron chi connectivity index (χ3n) is 3.35. The zero-order valence-electron chi connectivity index (χ0n) is 10.1. The molecule has 0 unspecified atom stereocenters. The summed E-state index contributed by atoms with van der Waals surface area (Å²) in [6, 6.07) is 9.47. The molecule has 3 nitrogen and oxygen atoms in total. The number of Topliss-reactive ketones (excluding diaryl/α,β-unsaturated/α-hetero) is 1. The zero-order chi connectivity index (χ0) is 12.8. The van der Waals surface area contributed by atoms with E-state index in [0.717, 1.165) is 34.4 Å². The lowest BCUT2D eigenvalue weighted by atomic mass is 10.1. The third kappa shape index (κ3) is 1.88. The molecule has 4 heteroatoms. The first-order valence-electron chi connectivity index (χ1n) is 6.30. The van der Waals surface area contributed by atoms with Crippen LogP contribution in [0.1, 0.15) is 23.2 Å². The molecule has 0 aliphatic heterocycles. The van der Waals surface area contributed by atoms with Gasteiger partial charge in [-0.25, -0.2) is 4.98 Å². The average Bonchev–Trinajstić information content (AvgIpc) is 2.98. The molecule has 0 bridgehead atoms. The van der Waals surface area contributed by atoms with Crippen LogP contribution in [0.4, 0.5) is 0 Å². The molecule has 94 valence electrons. The van der Waals surface area contributed by atoms with E-state index in [9.17, 15) is 4.79 Å². The monoisotopic (exact) mass is 269 g/mol. The van der Waals surface area contributed by atoms with Crippen molar-refractivity contribution in [2.24, 2.45) is 5.92 Å². The van der Waals surface area contributed by atoms with Gasteiger partial charge in [-0.05, 0) is 42.5 Å². The lowest BCUT2D eigenvalue weighted by molar-refractivity contribution is 0.0968. The van der Waals surface area contributed by atoms with Gasteiger partial charge in [0.25, 0.3) is 0 Å². The minimum atomic E-state index is 0.237. The normalized spacial score (nSPS) is 14.9. The number of rotatable bonds is 3. The van der Waals surface area contributed by atoms with Gasteiger partial charge in [-0.15, -0.1) is 11.3 Å². The van der Waals surface area contributed by atoms with Crippen molar-refractivity contribution in [2.75, 3.05) is 0 Å². The molecule has 1 aromatic carbocycles. The van der Waals surface area contributed by atoms with Crippen LogP contribution in [0.25, 0.3) is 21.9 Å². The minimum absolute atomic E-state index is 0.237. The molecule has 0 N–H and O–H groups in total. The summed E-state index contributed by atoms with van der Waals surface area (Å²) < 4.78 is 5.71. The molecule has 1 saturated carbocycles. The highest BCUT2D eigenvalue weighted by Crippen LogP contribution is 2.34. The number of benzene rings is 1. The van der Waals surface area contributed by atoms with Crippen LogP contribution >= 0.6 is 11.3 Å². The Balaban J connectivity index is 1.79. The summed E-state index contributed by atoms with van der Waals surface area (Å²) in [5.41, 5.74) is 2.24. The van der Waals surface area contributed by atoms with Crippen molar-refractivity contribution in [2.45, 2.75) is 12.8 Å². The minimum Gasteiger partial charge on any atom is -0.435 e. The van der Waals surface area contributed by atoms with Gasteiger partial charge in [0, 0.05) is 11.5 Å². The summed E-state index contributed by atoms with van der Waals surface area (Å²) in [6.07, 6.45) is 2.05. The van der Waals surface area contributed by atoms with Crippen molar-refractivity contribution in [3.8, 4) is 10.8 Å². The maximum Gasteiger partial charge on any atom is 0.237 e. The number of aromatic nitrogens is 1. The van der Waals surface area contributed by atoms with Crippen molar-refractivity contribution < 1.29 is 9.21 Å². The first kappa shape index (κ1) is 10.9. The predicted molar refractivity (Wildman–Crippen MR) is 74.4 cm³/mol. The van der Waals surface area contributed by atoms with Gasteiger partial charge < -0.3 is 4.42 Å². The molecule has 0 spiro atoms. The smallest absolute Gasteiger partial charge is 0.237 e. The second-order valence-corrected chi connectivity index (χ2v) is 5.77. The van der Waals surface area contributed by atoms with Gasteiger partial charge in [0.05, 0.1) is 4.88 Å². The Hall–Kier alpha value is -1.94. The zero-order valence-corrected chi connectivity index (χ0v) is 10.9. The van der Waals surface area contributed by atoms with Crippen LogP contribution in [-0.4, -0.2) is 10.8 Å². The molecule has 1 fully saturated rings. The number of ketones is 1. The van der Waals surface area contributed by atoms with Crippen LogP contribution in [0.3, 0.4) is 0 Å². The molecule has 2 aromatic heterocycles. The summed E-state index contributed by atoms with van der Waals surface area (Å²) in [6.45, 7) is 0. The molecule has 4 rings (SSSR count). The first-order valence-corrected chi connectivity index (χ1v) is 7.18. The fraction of sp³-hybridized carbons (Fsp3) is 0.200. The fourth-order valence-electron chi connectivity index (χ4n) is 2.17. The number of thiophene rings is 1. The highest BCUT2D eigenvalue weighted by Gasteiger charge is 2.30. The lowest BCUT2D eigenvalue weighted by Gasteiger charge is -1.96. The molecule has 2 heterocycles. The molecule has 1 aliphatic carbocycles. The van der Waals surface area contributed by atoms with Gasteiger partial charge in [0.1, 0.15) is 5.52 Å². The number of carbonyl (C=O) groups excluding carboxylic acids is 1. The number of fused-ring (bicyclic) bond motifs is 1. The topological polar surface area (TPSA) is 43.1 Å². The Morgan fingerprint density at radius 1 is 1.32 bits per heavy atom. The molecule has 0 amide bonds. The molecule has 19 heavy (non-hydrogen) atoms.